The highest BCUT2D eigenvalue weighted by Gasteiger charge is 2.60. The number of ether oxygens (including phenoxy) is 2. The first-order valence-corrected chi connectivity index (χ1v) is 14.1. The van der Waals surface area contributed by atoms with Crippen LogP contribution in [0.25, 0.3) is 0 Å². The van der Waals surface area contributed by atoms with Gasteiger partial charge in [-0.2, -0.15) is 5.26 Å². The fraction of sp³-hybridized carbons (Fsp3) is 0.900. The third-order valence-electron chi connectivity index (χ3n) is 11.6. The van der Waals surface area contributed by atoms with Crippen molar-refractivity contribution in [3.05, 3.63) is 11.6 Å². The lowest BCUT2D eigenvalue weighted by atomic mass is 9.46. The van der Waals surface area contributed by atoms with Crippen LogP contribution in [0.3, 0.4) is 0 Å². The maximum absolute atomic E-state index is 9.56. The summed E-state index contributed by atoms with van der Waals surface area (Å²) in [5.41, 5.74) is 2.50. The molecule has 5 aliphatic rings. The summed E-state index contributed by atoms with van der Waals surface area (Å²) in [6, 6.07) is 2.57. The van der Waals surface area contributed by atoms with Crippen molar-refractivity contribution in [3.8, 4) is 6.07 Å². The molecular formula is C30H47NO2. The second kappa shape index (κ2) is 8.67. The molecule has 3 saturated carbocycles. The van der Waals surface area contributed by atoms with Crippen LogP contribution in [0.15, 0.2) is 11.6 Å². The standard InChI is InChI=1S/C30H47NO2/c1-20(2)22(19-31)7-6-21(3)25-10-11-26-24-9-8-23-18-30(32-16-17-33-30)15-14-28(23,4)27(24)12-13-29(25,26)5/h8,20-22,24-27H,6-7,9-18H2,1-5H3/t21-,22?,24+,25-,26+,27+,28+,29-/m1/s1. The molecule has 0 N–H and O–H groups in total. The Labute approximate surface area is 202 Å². The third-order valence-corrected chi connectivity index (χ3v) is 11.6. The Balaban J connectivity index is 1.30. The monoisotopic (exact) mass is 453 g/mol. The molecule has 3 nitrogen and oxygen atoms in total. The van der Waals surface area contributed by atoms with E-state index in [0.717, 1.165) is 62.1 Å². The van der Waals surface area contributed by atoms with Crippen molar-refractivity contribution < 1.29 is 9.47 Å². The minimum absolute atomic E-state index is 0.220. The second-order valence-electron chi connectivity index (χ2n) is 13.3. The van der Waals surface area contributed by atoms with Crippen molar-refractivity contribution in [3.63, 3.8) is 0 Å². The molecule has 0 aromatic carbocycles. The molecule has 8 atom stereocenters. The molecule has 33 heavy (non-hydrogen) atoms. The van der Waals surface area contributed by atoms with E-state index < -0.39 is 0 Å². The Morgan fingerprint density at radius 2 is 1.76 bits per heavy atom. The van der Waals surface area contributed by atoms with Crippen LogP contribution in [-0.2, 0) is 9.47 Å². The molecule has 5 rings (SSSR count). The molecule has 1 saturated heterocycles. The predicted octanol–water partition coefficient (Wildman–Crippen LogP) is 7.52. The lowest BCUT2D eigenvalue weighted by Gasteiger charge is -2.59. The molecule has 0 radical (unpaired) electrons. The van der Waals surface area contributed by atoms with Gasteiger partial charge in [-0.15, -0.1) is 0 Å². The van der Waals surface area contributed by atoms with Crippen molar-refractivity contribution in [1.82, 2.24) is 0 Å². The molecule has 0 aromatic rings. The molecule has 184 valence electrons. The van der Waals surface area contributed by atoms with Crippen molar-refractivity contribution in [2.45, 2.75) is 105 Å². The summed E-state index contributed by atoms with van der Waals surface area (Å²) in [4.78, 5) is 0. The van der Waals surface area contributed by atoms with Gasteiger partial charge in [-0.3, -0.25) is 0 Å². The average molecular weight is 454 g/mol. The summed E-state index contributed by atoms with van der Waals surface area (Å²) in [6.45, 7) is 13.7. The van der Waals surface area contributed by atoms with E-state index in [9.17, 15) is 5.26 Å². The van der Waals surface area contributed by atoms with Crippen molar-refractivity contribution >= 4 is 0 Å². The highest BCUT2D eigenvalue weighted by molar-refractivity contribution is 5.26. The van der Waals surface area contributed by atoms with Gasteiger partial charge in [-0.25, -0.2) is 0 Å². The Morgan fingerprint density at radius 1 is 1.00 bits per heavy atom. The fourth-order valence-electron chi connectivity index (χ4n) is 9.51. The van der Waals surface area contributed by atoms with Gasteiger partial charge in [0.2, 0.25) is 0 Å². The van der Waals surface area contributed by atoms with Crippen LogP contribution in [0, 0.1) is 63.6 Å². The van der Waals surface area contributed by atoms with Gasteiger partial charge in [0.1, 0.15) is 0 Å². The Morgan fingerprint density at radius 3 is 2.45 bits per heavy atom. The Kier molecular flexibility index (Phi) is 6.27. The zero-order valence-electron chi connectivity index (χ0n) is 21.9. The molecule has 0 bridgehead atoms. The van der Waals surface area contributed by atoms with Crippen LogP contribution < -0.4 is 0 Å². The molecule has 0 aromatic heterocycles. The van der Waals surface area contributed by atoms with Gasteiger partial charge in [0.15, 0.2) is 5.79 Å². The van der Waals surface area contributed by atoms with Crippen LogP contribution in [0.2, 0.25) is 0 Å². The number of nitriles is 1. The lowest BCUT2D eigenvalue weighted by molar-refractivity contribution is -0.185. The number of rotatable bonds is 5. The summed E-state index contributed by atoms with van der Waals surface area (Å²) in [5.74, 6) is 4.55. The van der Waals surface area contributed by atoms with Gasteiger partial charge in [0.05, 0.1) is 19.3 Å². The molecule has 4 fully saturated rings. The topological polar surface area (TPSA) is 42.2 Å². The molecule has 1 unspecified atom stereocenters. The SMILES string of the molecule is CC(C)C(C#N)CC[C@@H](C)[C@H]1CC[C@H]2[C@@H]3CC=C4CC5(CC[C@]4(C)[C@H]3CC[C@]12C)OCCO5. The average Bonchev–Trinajstić information content (AvgIpc) is 3.38. The van der Waals surface area contributed by atoms with Gasteiger partial charge in [0.25, 0.3) is 0 Å². The van der Waals surface area contributed by atoms with Crippen molar-refractivity contribution in [2.75, 3.05) is 13.2 Å². The highest BCUT2D eigenvalue weighted by Crippen LogP contribution is 2.68. The maximum atomic E-state index is 9.56. The summed E-state index contributed by atoms with van der Waals surface area (Å²) in [5, 5.41) is 9.56. The first-order chi connectivity index (χ1) is 15.7. The quantitative estimate of drug-likeness (QED) is 0.404. The number of allylic oxidation sites excluding steroid dienone is 1. The predicted molar refractivity (Wildman–Crippen MR) is 132 cm³/mol. The van der Waals surface area contributed by atoms with Gasteiger partial charge in [-0.1, -0.05) is 46.3 Å². The summed E-state index contributed by atoms with van der Waals surface area (Å²) < 4.78 is 12.2. The normalized spacial score (nSPS) is 43.4. The van der Waals surface area contributed by atoms with E-state index in [1.54, 1.807) is 5.57 Å². The van der Waals surface area contributed by atoms with E-state index in [-0.39, 0.29) is 11.7 Å². The summed E-state index contributed by atoms with van der Waals surface area (Å²) in [7, 11) is 0. The minimum atomic E-state index is -0.299. The van der Waals surface area contributed by atoms with Crippen LogP contribution in [0.5, 0.6) is 0 Å². The van der Waals surface area contributed by atoms with Crippen molar-refractivity contribution in [2.24, 2.45) is 52.3 Å². The van der Waals surface area contributed by atoms with E-state index in [4.69, 9.17) is 9.47 Å². The molecule has 4 aliphatic carbocycles. The second-order valence-corrected chi connectivity index (χ2v) is 13.3. The van der Waals surface area contributed by atoms with E-state index in [2.05, 4.69) is 46.8 Å². The van der Waals surface area contributed by atoms with Crippen LogP contribution in [0.1, 0.15) is 98.8 Å². The molecule has 0 amide bonds. The maximum Gasteiger partial charge on any atom is 0.172 e. The molecule has 1 heterocycles. The summed E-state index contributed by atoms with van der Waals surface area (Å²) in [6.07, 6.45) is 15.1. The summed E-state index contributed by atoms with van der Waals surface area (Å²) >= 11 is 0. The van der Waals surface area contributed by atoms with Crippen LogP contribution in [0.4, 0.5) is 0 Å². The van der Waals surface area contributed by atoms with Gasteiger partial charge in [0, 0.05) is 18.8 Å². The largest absolute Gasteiger partial charge is 0.347 e. The lowest BCUT2D eigenvalue weighted by Crippen LogP contribution is -2.52. The van der Waals surface area contributed by atoms with Gasteiger partial charge in [-0.05, 0) is 97.7 Å². The Hall–Kier alpha value is -0.850. The molecule has 1 spiro atoms. The van der Waals surface area contributed by atoms with Gasteiger partial charge < -0.3 is 9.47 Å². The number of hydrogen-bond acceptors (Lipinski definition) is 3. The fourth-order valence-corrected chi connectivity index (χ4v) is 9.51. The highest BCUT2D eigenvalue weighted by atomic mass is 16.7. The smallest absolute Gasteiger partial charge is 0.172 e. The molecule has 1 aliphatic heterocycles. The van der Waals surface area contributed by atoms with Crippen LogP contribution in [-0.4, -0.2) is 19.0 Å². The zero-order valence-corrected chi connectivity index (χ0v) is 21.9. The molecular weight excluding hydrogens is 406 g/mol. The molecule has 3 heteroatoms. The minimum Gasteiger partial charge on any atom is -0.347 e. The Bertz CT molecular complexity index is 805. The van der Waals surface area contributed by atoms with Crippen molar-refractivity contribution in [1.29, 1.82) is 5.26 Å². The van der Waals surface area contributed by atoms with E-state index >= 15 is 0 Å². The van der Waals surface area contributed by atoms with E-state index in [0.29, 0.717) is 16.7 Å². The van der Waals surface area contributed by atoms with Gasteiger partial charge >= 0.3 is 0 Å². The van der Waals surface area contributed by atoms with E-state index in [1.165, 1.54) is 44.9 Å². The zero-order chi connectivity index (χ0) is 23.4. The number of nitrogens with zero attached hydrogens (tertiary/aromatic N) is 1. The number of hydrogen-bond donors (Lipinski definition) is 0. The van der Waals surface area contributed by atoms with E-state index in [1.807, 2.05) is 0 Å². The third kappa shape index (κ3) is 3.83. The first kappa shape index (κ1) is 23.9. The number of fused-ring (bicyclic) bond motifs is 5. The van der Waals surface area contributed by atoms with Crippen LogP contribution >= 0.6 is 0 Å². The first-order valence-electron chi connectivity index (χ1n) is 14.1.